The van der Waals surface area contributed by atoms with Gasteiger partial charge in [0.15, 0.2) is 0 Å². The van der Waals surface area contributed by atoms with Crippen LogP contribution in [0.15, 0.2) is 0 Å². The first-order valence-corrected chi connectivity index (χ1v) is 8.02. The van der Waals surface area contributed by atoms with E-state index in [0.717, 1.165) is 38.9 Å². The van der Waals surface area contributed by atoms with Crippen molar-refractivity contribution in [3.63, 3.8) is 0 Å². The summed E-state index contributed by atoms with van der Waals surface area (Å²) in [7, 11) is 0. The van der Waals surface area contributed by atoms with E-state index in [4.69, 9.17) is 5.73 Å². The van der Waals surface area contributed by atoms with Crippen LogP contribution in [-0.4, -0.2) is 42.0 Å². The Kier molecular flexibility index (Phi) is 9.06. The average molecular weight is 285 g/mol. The van der Waals surface area contributed by atoms with Gasteiger partial charge < -0.3 is 16.0 Å². The monoisotopic (exact) mass is 285 g/mol. The fourth-order valence-corrected chi connectivity index (χ4v) is 2.36. The predicted octanol–water partition coefficient (Wildman–Crippen LogP) is 2.38. The Hall–Kier alpha value is -0.610. The lowest BCUT2D eigenvalue weighted by Gasteiger charge is -2.31. The highest BCUT2D eigenvalue weighted by atomic mass is 16.1. The van der Waals surface area contributed by atoms with Gasteiger partial charge in [-0.1, -0.05) is 20.8 Å². The molecule has 0 aromatic rings. The smallest absolute Gasteiger partial charge is 0.237 e. The van der Waals surface area contributed by atoms with Crippen LogP contribution in [0.5, 0.6) is 0 Å². The lowest BCUT2D eigenvalue weighted by molar-refractivity contribution is -0.124. The Morgan fingerprint density at radius 1 is 1.30 bits per heavy atom. The fraction of sp³-hybridized carbons (Fsp3) is 0.938. The molecular formula is C16H35N3O. The topological polar surface area (TPSA) is 58.4 Å². The van der Waals surface area contributed by atoms with E-state index < -0.39 is 5.54 Å². The summed E-state index contributed by atoms with van der Waals surface area (Å²) in [6.07, 6.45) is 2.79. The van der Waals surface area contributed by atoms with E-state index in [1.54, 1.807) is 0 Å². The van der Waals surface area contributed by atoms with Gasteiger partial charge in [-0.3, -0.25) is 4.79 Å². The fourth-order valence-electron chi connectivity index (χ4n) is 2.36. The van der Waals surface area contributed by atoms with Crippen molar-refractivity contribution in [3.8, 4) is 0 Å². The van der Waals surface area contributed by atoms with Crippen LogP contribution < -0.4 is 11.1 Å². The molecule has 0 aliphatic rings. The summed E-state index contributed by atoms with van der Waals surface area (Å²) in [5, 5.41) is 3.30. The first-order chi connectivity index (χ1) is 9.23. The molecule has 1 unspecified atom stereocenters. The second-order valence-electron chi connectivity index (χ2n) is 6.71. The highest BCUT2D eigenvalue weighted by molar-refractivity contribution is 5.84. The summed E-state index contributed by atoms with van der Waals surface area (Å²) >= 11 is 0. The number of rotatable bonds is 11. The molecule has 0 fully saturated rings. The van der Waals surface area contributed by atoms with E-state index in [0.29, 0.717) is 12.0 Å². The van der Waals surface area contributed by atoms with Gasteiger partial charge in [0.25, 0.3) is 0 Å². The molecule has 120 valence electrons. The van der Waals surface area contributed by atoms with Gasteiger partial charge in [-0.2, -0.15) is 0 Å². The first kappa shape index (κ1) is 19.4. The molecule has 0 saturated heterocycles. The minimum absolute atomic E-state index is 0.245. The van der Waals surface area contributed by atoms with Crippen molar-refractivity contribution in [2.45, 2.75) is 72.4 Å². The number of amides is 1. The second-order valence-corrected chi connectivity index (χ2v) is 6.71. The van der Waals surface area contributed by atoms with Crippen LogP contribution in [0.4, 0.5) is 0 Å². The van der Waals surface area contributed by atoms with Crippen LogP contribution in [0.1, 0.15) is 60.8 Å². The van der Waals surface area contributed by atoms with Crippen LogP contribution >= 0.6 is 0 Å². The van der Waals surface area contributed by atoms with Gasteiger partial charge in [0.2, 0.25) is 5.91 Å². The highest BCUT2D eigenvalue weighted by Gasteiger charge is 2.29. The molecule has 0 saturated carbocycles. The Balaban J connectivity index is 4.36. The molecule has 1 amide bonds. The summed E-state index contributed by atoms with van der Waals surface area (Å²) < 4.78 is 0. The number of primary amides is 1. The van der Waals surface area contributed by atoms with Gasteiger partial charge in [0.05, 0.1) is 5.54 Å². The Morgan fingerprint density at radius 3 is 2.30 bits per heavy atom. The maximum Gasteiger partial charge on any atom is 0.237 e. The highest BCUT2D eigenvalue weighted by Crippen LogP contribution is 2.14. The molecule has 0 rings (SSSR count). The van der Waals surface area contributed by atoms with Crippen LogP contribution in [0.3, 0.4) is 0 Å². The third-order valence-electron chi connectivity index (χ3n) is 3.76. The number of nitrogens with one attached hydrogen (secondary N) is 1. The summed E-state index contributed by atoms with van der Waals surface area (Å²) in [6.45, 7) is 15.9. The van der Waals surface area contributed by atoms with E-state index in [2.05, 4.69) is 44.8 Å². The van der Waals surface area contributed by atoms with Gasteiger partial charge in [-0.25, -0.2) is 0 Å². The Bertz CT molecular complexity index is 279. The molecule has 0 radical (unpaired) electrons. The number of carbonyl (C=O) groups is 1. The van der Waals surface area contributed by atoms with Crippen molar-refractivity contribution in [2.75, 3.05) is 19.6 Å². The molecule has 4 nitrogen and oxygen atoms in total. The van der Waals surface area contributed by atoms with Gasteiger partial charge in [-0.05, 0) is 59.0 Å². The van der Waals surface area contributed by atoms with Crippen LogP contribution in [0, 0.1) is 5.92 Å². The average Bonchev–Trinajstić information content (AvgIpc) is 2.34. The van der Waals surface area contributed by atoms with Crippen LogP contribution in [-0.2, 0) is 4.79 Å². The maximum atomic E-state index is 11.7. The van der Waals surface area contributed by atoms with Gasteiger partial charge in [0.1, 0.15) is 0 Å². The van der Waals surface area contributed by atoms with Crippen molar-refractivity contribution < 1.29 is 4.79 Å². The van der Waals surface area contributed by atoms with E-state index in [1.165, 1.54) is 0 Å². The molecule has 0 aromatic heterocycles. The van der Waals surface area contributed by atoms with E-state index in [9.17, 15) is 4.79 Å². The molecule has 3 N–H and O–H groups in total. The minimum atomic E-state index is -0.573. The van der Waals surface area contributed by atoms with Crippen molar-refractivity contribution in [3.05, 3.63) is 0 Å². The molecule has 0 bridgehead atoms. The van der Waals surface area contributed by atoms with Crippen molar-refractivity contribution in [2.24, 2.45) is 11.7 Å². The standard InChI is InChI=1S/C16H35N3O/c1-7-10-18-16(6,15(17)20)9-8-11-19(14(4)5)12-13(2)3/h13-14,18H,7-12H2,1-6H3,(H2,17,20). The largest absolute Gasteiger partial charge is 0.368 e. The molecular weight excluding hydrogens is 250 g/mol. The maximum absolute atomic E-state index is 11.7. The summed E-state index contributed by atoms with van der Waals surface area (Å²) in [5.41, 5.74) is 4.98. The number of nitrogens with two attached hydrogens (primary N) is 1. The molecule has 4 heteroatoms. The molecule has 0 spiro atoms. The zero-order chi connectivity index (χ0) is 15.8. The number of hydrogen-bond donors (Lipinski definition) is 2. The lowest BCUT2D eigenvalue weighted by atomic mass is 9.94. The number of hydrogen-bond acceptors (Lipinski definition) is 3. The minimum Gasteiger partial charge on any atom is -0.368 e. The van der Waals surface area contributed by atoms with Crippen molar-refractivity contribution in [1.82, 2.24) is 10.2 Å². The van der Waals surface area contributed by atoms with Gasteiger partial charge in [0, 0.05) is 12.6 Å². The molecule has 0 heterocycles. The Morgan fingerprint density at radius 2 is 1.90 bits per heavy atom. The molecule has 1 atom stereocenters. The predicted molar refractivity (Wildman–Crippen MR) is 86.7 cm³/mol. The normalized spacial score (nSPS) is 15.1. The third kappa shape index (κ3) is 7.25. The third-order valence-corrected chi connectivity index (χ3v) is 3.76. The van der Waals surface area contributed by atoms with E-state index in [1.807, 2.05) is 6.92 Å². The Labute approximate surface area is 125 Å². The summed E-state index contributed by atoms with van der Waals surface area (Å²) in [6, 6.07) is 0.542. The second kappa shape index (κ2) is 9.35. The summed E-state index contributed by atoms with van der Waals surface area (Å²) in [4.78, 5) is 14.1. The first-order valence-electron chi connectivity index (χ1n) is 8.02. The van der Waals surface area contributed by atoms with E-state index >= 15 is 0 Å². The number of nitrogens with zero attached hydrogens (tertiary/aromatic N) is 1. The quantitative estimate of drug-likeness (QED) is 0.613. The summed E-state index contributed by atoms with van der Waals surface area (Å²) in [5.74, 6) is 0.420. The molecule has 0 aromatic carbocycles. The van der Waals surface area contributed by atoms with Crippen molar-refractivity contribution in [1.29, 1.82) is 0 Å². The molecule has 20 heavy (non-hydrogen) atoms. The number of carbonyl (C=O) groups excluding carboxylic acids is 1. The van der Waals surface area contributed by atoms with E-state index in [-0.39, 0.29) is 5.91 Å². The van der Waals surface area contributed by atoms with Crippen LogP contribution in [0.25, 0.3) is 0 Å². The zero-order valence-electron chi connectivity index (χ0n) is 14.3. The van der Waals surface area contributed by atoms with Crippen LogP contribution in [0.2, 0.25) is 0 Å². The SMILES string of the molecule is CCCNC(C)(CCCN(CC(C)C)C(C)C)C(N)=O. The van der Waals surface area contributed by atoms with Gasteiger partial charge in [-0.15, -0.1) is 0 Å². The van der Waals surface area contributed by atoms with Gasteiger partial charge >= 0.3 is 0 Å². The lowest BCUT2D eigenvalue weighted by Crippen LogP contribution is -2.53. The molecule has 0 aliphatic heterocycles. The zero-order valence-corrected chi connectivity index (χ0v) is 14.3. The molecule has 0 aliphatic carbocycles. The van der Waals surface area contributed by atoms with Crippen molar-refractivity contribution >= 4 is 5.91 Å².